The fourth-order valence-electron chi connectivity index (χ4n) is 12.1. The van der Waals surface area contributed by atoms with E-state index in [1.165, 1.54) is 87.7 Å². The molecule has 2 fully saturated rings. The van der Waals surface area contributed by atoms with Gasteiger partial charge in [0.15, 0.2) is 0 Å². The molecule has 2 heterocycles. The minimum Gasteiger partial charge on any atom is -0.390 e. The molecule has 26 nitrogen and oxygen atoms in total. The van der Waals surface area contributed by atoms with Crippen LogP contribution in [0.25, 0.3) is 0 Å². The van der Waals surface area contributed by atoms with E-state index >= 15 is 19.2 Å². The van der Waals surface area contributed by atoms with Crippen molar-refractivity contribution < 1.29 is 67.3 Å². The van der Waals surface area contributed by atoms with E-state index in [0.29, 0.717) is 32.8 Å². The lowest BCUT2D eigenvalue weighted by Gasteiger charge is -2.48. The smallest absolute Gasteiger partial charge is 0.276 e. The van der Waals surface area contributed by atoms with Crippen LogP contribution in [0, 0.1) is 41.4 Å². The van der Waals surface area contributed by atoms with Crippen molar-refractivity contribution in [2.75, 3.05) is 95.3 Å². The van der Waals surface area contributed by atoms with Crippen molar-refractivity contribution in [2.24, 2.45) is 41.4 Å². The van der Waals surface area contributed by atoms with Gasteiger partial charge in [-0.2, -0.15) is 0 Å². The summed E-state index contributed by atoms with van der Waals surface area (Å²) in [6.07, 6.45) is 2.73. The highest BCUT2D eigenvalue weighted by Gasteiger charge is 2.55. The van der Waals surface area contributed by atoms with Crippen LogP contribution in [-0.2, 0) is 62.2 Å². The second-order valence-electron chi connectivity index (χ2n) is 28.5. The first-order valence-electron chi connectivity index (χ1n) is 34.0. The molecule has 5 N–H and O–H groups in total. The number of amides is 11. The molecule has 538 valence electrons. The molecular formula is C68H122N12O14. The van der Waals surface area contributed by atoms with Crippen molar-refractivity contribution in [1.29, 1.82) is 0 Å². The van der Waals surface area contributed by atoms with Gasteiger partial charge in [0.1, 0.15) is 54.4 Å². The molecule has 0 bridgehead atoms. The summed E-state index contributed by atoms with van der Waals surface area (Å²) in [7, 11) is 9.84. The van der Waals surface area contributed by atoms with Crippen molar-refractivity contribution in [3.05, 3.63) is 12.2 Å². The molecule has 94 heavy (non-hydrogen) atoms. The number of allylic oxidation sites excluding steroid dienone is 2. The van der Waals surface area contributed by atoms with Crippen LogP contribution >= 0.6 is 0 Å². The van der Waals surface area contributed by atoms with E-state index in [1.807, 2.05) is 55.4 Å². The summed E-state index contributed by atoms with van der Waals surface area (Å²) >= 11 is 0. The summed E-state index contributed by atoms with van der Waals surface area (Å²) in [5.41, 5.74) is -2.25. The van der Waals surface area contributed by atoms with Crippen LogP contribution in [0.2, 0.25) is 0 Å². The largest absolute Gasteiger partial charge is 0.390 e. The Morgan fingerprint density at radius 3 is 1.52 bits per heavy atom. The second kappa shape index (κ2) is 38.5. The maximum absolute atomic E-state index is 16.2. The fourth-order valence-corrected chi connectivity index (χ4v) is 12.1. The Kier molecular flexibility index (Phi) is 34.3. The van der Waals surface area contributed by atoms with Gasteiger partial charge in [-0.15, -0.1) is 0 Å². The number of aliphatic hydroxyl groups is 1. The summed E-state index contributed by atoms with van der Waals surface area (Å²) in [6, 6.07) is -11.5. The van der Waals surface area contributed by atoms with Crippen LogP contribution < -0.4 is 21.3 Å². The van der Waals surface area contributed by atoms with Crippen LogP contribution in [0.1, 0.15) is 156 Å². The van der Waals surface area contributed by atoms with Gasteiger partial charge in [-0.3, -0.25) is 57.6 Å². The average molecular weight is 1330 g/mol. The third kappa shape index (κ3) is 22.7. The molecule has 2 aliphatic heterocycles. The molecule has 11 amide bonds. The van der Waals surface area contributed by atoms with Crippen molar-refractivity contribution in [2.45, 2.75) is 222 Å². The van der Waals surface area contributed by atoms with Gasteiger partial charge < -0.3 is 70.1 Å². The topological polar surface area (TPSA) is 301 Å². The molecule has 0 unspecified atom stereocenters. The zero-order chi connectivity index (χ0) is 72.1. The Morgan fingerprint density at radius 1 is 0.564 bits per heavy atom. The Hall–Kier alpha value is -6.25. The van der Waals surface area contributed by atoms with Crippen LogP contribution in [0.5, 0.6) is 0 Å². The molecule has 0 aromatic carbocycles. The molecule has 2 rings (SSSR count). The quantitative estimate of drug-likeness (QED) is 0.116. The minimum absolute atomic E-state index is 0.0129. The van der Waals surface area contributed by atoms with Crippen LogP contribution in [-0.4, -0.2) is 271 Å². The fraction of sp³-hybridized carbons (Fsp3) is 0.809. The van der Waals surface area contributed by atoms with E-state index in [4.69, 9.17) is 9.47 Å². The summed E-state index contributed by atoms with van der Waals surface area (Å²) in [4.78, 5) is 174. The highest BCUT2D eigenvalue weighted by Crippen LogP contribution is 2.33. The molecule has 0 saturated carbocycles. The number of rotatable bonds is 19. The zero-order valence-corrected chi connectivity index (χ0v) is 61.5. The number of morpholine rings is 1. The summed E-state index contributed by atoms with van der Waals surface area (Å²) in [5.74, 6) is -10.7. The molecule has 26 heteroatoms. The SMILES string of the molecule is C/C=C/C[C@@H](C)[C@@H](O)[C@H]1C(=O)N[C@@H](CC)C(=O)N(C)CC(=O)N(C)[C@@H](CC(C)C)C(=O)N[C@@H](C(C)C)C(=O)N(C)[C@@H](CC(C)C)C(=O)N[C@@H](C)C(=O)N[C@H](C)C(=O)N(C)[C@@H](CC(C)C)C(=O)N(C)[C@@H](CC(C)C)C(=O)N(C)[C@](OCCN2CCOCC2)(C(C)C)C(=O)N1C. The average Bonchev–Trinajstić information content (AvgIpc) is 0.758. The first-order valence-corrected chi connectivity index (χ1v) is 34.0. The molecule has 0 aromatic heterocycles. The first kappa shape index (κ1) is 83.8. The van der Waals surface area contributed by atoms with Gasteiger partial charge in [-0.05, 0) is 94.8 Å². The van der Waals surface area contributed by atoms with Crippen LogP contribution in [0.4, 0.5) is 0 Å². The number of likely N-dealkylation sites (N-methyl/N-ethyl adjacent to an activating group) is 7. The highest BCUT2D eigenvalue weighted by molar-refractivity contribution is 6.00. The number of carbonyl (C=O) groups is 11. The van der Waals surface area contributed by atoms with Crippen molar-refractivity contribution in [3.8, 4) is 0 Å². The lowest BCUT2D eigenvalue weighted by atomic mass is 9.89. The number of aliphatic hydroxyl groups excluding tert-OH is 1. The van der Waals surface area contributed by atoms with Crippen LogP contribution in [0.3, 0.4) is 0 Å². The van der Waals surface area contributed by atoms with Gasteiger partial charge in [-0.1, -0.05) is 109 Å². The minimum atomic E-state index is -2.25. The molecule has 0 radical (unpaired) electrons. The zero-order valence-electron chi connectivity index (χ0n) is 61.5. The van der Waals surface area contributed by atoms with E-state index in [0.717, 1.165) is 9.80 Å². The number of ether oxygens (including phenoxy) is 2. The van der Waals surface area contributed by atoms with E-state index in [2.05, 4.69) is 26.2 Å². The van der Waals surface area contributed by atoms with E-state index in [-0.39, 0.29) is 68.8 Å². The normalized spacial score (nSPS) is 27.5. The van der Waals surface area contributed by atoms with E-state index < -0.39 is 155 Å². The lowest BCUT2D eigenvalue weighted by Crippen LogP contribution is -2.70. The Labute approximate surface area is 562 Å². The Balaban J connectivity index is 3.13. The number of hydrogen-bond donors (Lipinski definition) is 5. The highest BCUT2D eigenvalue weighted by atomic mass is 16.5. The summed E-state index contributed by atoms with van der Waals surface area (Å²) in [5, 5.41) is 23.5. The van der Waals surface area contributed by atoms with Crippen LogP contribution in [0.15, 0.2) is 12.2 Å². The third-order valence-electron chi connectivity index (χ3n) is 18.2. The van der Waals surface area contributed by atoms with Crippen molar-refractivity contribution >= 4 is 65.0 Å². The van der Waals surface area contributed by atoms with E-state index in [9.17, 15) is 38.7 Å². The summed E-state index contributed by atoms with van der Waals surface area (Å²) < 4.78 is 12.5. The summed E-state index contributed by atoms with van der Waals surface area (Å²) in [6.45, 7) is 31.4. The number of carbonyl (C=O) groups excluding carboxylic acids is 11. The molecule has 2 aliphatic rings. The predicted octanol–water partition coefficient (Wildman–Crippen LogP) is 2.95. The molecule has 0 aromatic rings. The standard InChI is InChI=1S/C68H122N12O14/c1-25-27-28-46(15)57(82)56-61(86)71-49(26-2)63(88)73(18)39-54(81)74(19)50(35-40(3)4)60(85)72-55(44(11)12)66(91)75(20)51(36-41(5)6)59(84)69-47(16)58(83)70-48(17)62(87)76(21)52(37-42(7)8)64(89)77(22)53(38-43(9)10)65(90)79(24)68(45(13)14,67(92)78(56)23)94-34-31-80-29-32-93-33-30-80/h25,27,40-53,55-57,82H,26,28-39H2,1-24H3,(H,69,84)(H,70,83)(H,71,86)(H,72,85)/b27-25+/t46-,47+,48-,49+,50+,51+,52+,53+,55+,56+,57-,68+/m1/s1. The number of nitrogens with one attached hydrogen (secondary N) is 4. The molecular weight excluding hydrogens is 1210 g/mol. The van der Waals surface area contributed by atoms with Crippen molar-refractivity contribution in [1.82, 2.24) is 60.5 Å². The Bertz CT molecular complexity index is 2580. The van der Waals surface area contributed by atoms with Gasteiger partial charge in [0.05, 0.1) is 32.5 Å². The third-order valence-corrected chi connectivity index (χ3v) is 18.2. The van der Waals surface area contributed by atoms with Gasteiger partial charge in [0.2, 0.25) is 64.8 Å². The van der Waals surface area contributed by atoms with Gasteiger partial charge in [0, 0.05) is 74.9 Å². The Morgan fingerprint density at radius 2 is 1.03 bits per heavy atom. The molecule has 2 saturated heterocycles. The van der Waals surface area contributed by atoms with Gasteiger partial charge in [0.25, 0.3) is 5.91 Å². The maximum atomic E-state index is 16.2. The second-order valence-corrected chi connectivity index (χ2v) is 28.5. The predicted molar refractivity (Wildman–Crippen MR) is 361 cm³/mol. The lowest BCUT2D eigenvalue weighted by molar-refractivity contribution is -0.210. The number of nitrogens with zero attached hydrogens (tertiary/aromatic N) is 8. The maximum Gasteiger partial charge on any atom is 0.276 e. The molecule has 0 aliphatic carbocycles. The number of hydrogen-bond acceptors (Lipinski definition) is 15. The first-order chi connectivity index (χ1) is 43.7. The van der Waals surface area contributed by atoms with Gasteiger partial charge >= 0.3 is 0 Å². The molecule has 0 spiro atoms. The van der Waals surface area contributed by atoms with Gasteiger partial charge in [-0.25, -0.2) is 0 Å². The van der Waals surface area contributed by atoms with E-state index in [1.54, 1.807) is 60.6 Å². The van der Waals surface area contributed by atoms with Crippen molar-refractivity contribution in [3.63, 3.8) is 0 Å². The monoisotopic (exact) mass is 1330 g/mol. The molecule has 12 atom stereocenters.